The first-order chi connectivity index (χ1) is 8.22. The van der Waals surface area contributed by atoms with Gasteiger partial charge >= 0.3 is 0 Å². The fraction of sp³-hybridized carbons (Fsp3) is 0.500. The minimum absolute atomic E-state index is 0.554. The first-order valence-corrected chi connectivity index (χ1v) is 6.70. The van der Waals surface area contributed by atoms with Crippen LogP contribution >= 0.6 is 0 Å². The van der Waals surface area contributed by atoms with Crippen molar-refractivity contribution in [1.82, 2.24) is 5.32 Å². The summed E-state index contributed by atoms with van der Waals surface area (Å²) in [7, 11) is 0. The van der Waals surface area contributed by atoms with Gasteiger partial charge in [-0.3, -0.25) is 0 Å². The molecule has 0 aromatic heterocycles. The lowest BCUT2D eigenvalue weighted by atomic mass is 10.1. The third kappa shape index (κ3) is 6.15. The number of rotatable bonds is 8. The molecule has 17 heavy (non-hydrogen) atoms. The first kappa shape index (κ1) is 13.8. The third-order valence-electron chi connectivity index (χ3n) is 3.00. The molecule has 0 radical (unpaired) electrons. The average Bonchev–Trinajstić information content (AvgIpc) is 2.35. The van der Waals surface area contributed by atoms with Crippen LogP contribution in [0, 0.1) is 0 Å². The van der Waals surface area contributed by atoms with Crippen LogP contribution in [0.25, 0.3) is 0 Å². The van der Waals surface area contributed by atoms with E-state index in [2.05, 4.69) is 56.1 Å². The Morgan fingerprint density at radius 1 is 1.29 bits per heavy atom. The number of unbranched alkanes of at least 4 members (excludes halogenated alkanes) is 1. The summed E-state index contributed by atoms with van der Waals surface area (Å²) in [5.41, 5.74) is 2.55. The normalized spacial score (nSPS) is 12.1. The largest absolute Gasteiger partial charge is 0.386 e. The summed E-state index contributed by atoms with van der Waals surface area (Å²) >= 11 is 0. The van der Waals surface area contributed by atoms with Crippen LogP contribution in [-0.2, 0) is 6.42 Å². The first-order valence-electron chi connectivity index (χ1n) is 6.70. The Hall–Kier alpha value is -1.24. The van der Waals surface area contributed by atoms with Crippen LogP contribution < -0.4 is 5.32 Å². The summed E-state index contributed by atoms with van der Waals surface area (Å²) < 4.78 is 0. The Bertz CT molecular complexity index is 316. The number of benzene rings is 1. The summed E-state index contributed by atoms with van der Waals surface area (Å²) in [6.07, 6.45) is 5.90. The quantitative estimate of drug-likeness (QED) is 0.703. The molecule has 1 unspecified atom stereocenters. The molecule has 94 valence electrons. The van der Waals surface area contributed by atoms with E-state index in [1.54, 1.807) is 0 Å². The van der Waals surface area contributed by atoms with Gasteiger partial charge < -0.3 is 5.32 Å². The molecular weight excluding hydrogens is 206 g/mol. The van der Waals surface area contributed by atoms with Crippen molar-refractivity contribution in [3.05, 3.63) is 48.2 Å². The fourth-order valence-electron chi connectivity index (χ4n) is 1.94. The zero-order valence-electron chi connectivity index (χ0n) is 11.2. The average molecular weight is 231 g/mol. The van der Waals surface area contributed by atoms with E-state index in [1.165, 1.54) is 24.8 Å². The van der Waals surface area contributed by atoms with Crippen molar-refractivity contribution < 1.29 is 0 Å². The van der Waals surface area contributed by atoms with E-state index in [-0.39, 0.29) is 0 Å². The van der Waals surface area contributed by atoms with Gasteiger partial charge in [0, 0.05) is 11.7 Å². The molecule has 0 saturated carbocycles. The number of hydrogen-bond donors (Lipinski definition) is 1. The molecule has 0 heterocycles. The Labute approximate surface area is 106 Å². The van der Waals surface area contributed by atoms with E-state index in [0.29, 0.717) is 6.04 Å². The molecule has 0 fully saturated rings. The molecule has 1 nitrogen and oxygen atoms in total. The van der Waals surface area contributed by atoms with Crippen molar-refractivity contribution in [1.29, 1.82) is 0 Å². The highest BCUT2D eigenvalue weighted by Crippen LogP contribution is 2.08. The van der Waals surface area contributed by atoms with Crippen molar-refractivity contribution >= 4 is 0 Å². The Kier molecular flexibility index (Phi) is 6.46. The van der Waals surface area contributed by atoms with E-state index in [9.17, 15) is 0 Å². The Balaban J connectivity index is 2.21. The lowest BCUT2D eigenvalue weighted by Crippen LogP contribution is -2.24. The number of nitrogens with one attached hydrogen (secondary N) is 1. The maximum Gasteiger partial charge on any atom is 0.0229 e. The zero-order valence-corrected chi connectivity index (χ0v) is 11.2. The van der Waals surface area contributed by atoms with E-state index in [4.69, 9.17) is 0 Å². The minimum Gasteiger partial charge on any atom is -0.386 e. The summed E-state index contributed by atoms with van der Waals surface area (Å²) in [5.74, 6) is 0. The van der Waals surface area contributed by atoms with Crippen molar-refractivity contribution in [3.8, 4) is 0 Å². The van der Waals surface area contributed by atoms with Gasteiger partial charge in [0.2, 0.25) is 0 Å². The number of allylic oxidation sites excluding steroid dienone is 1. The summed E-state index contributed by atoms with van der Waals surface area (Å²) in [6, 6.07) is 11.1. The van der Waals surface area contributed by atoms with E-state index < -0.39 is 0 Å². The molecule has 1 aromatic carbocycles. The van der Waals surface area contributed by atoms with Crippen molar-refractivity contribution in [2.75, 3.05) is 0 Å². The van der Waals surface area contributed by atoms with Crippen LogP contribution in [0.1, 0.15) is 45.1 Å². The van der Waals surface area contributed by atoms with Gasteiger partial charge in [0.15, 0.2) is 0 Å². The molecule has 0 aliphatic carbocycles. The number of aryl methyl sites for hydroxylation is 1. The predicted octanol–water partition coefficient (Wildman–Crippen LogP) is 4.30. The molecule has 0 bridgehead atoms. The monoisotopic (exact) mass is 231 g/mol. The fourth-order valence-corrected chi connectivity index (χ4v) is 1.94. The summed E-state index contributed by atoms with van der Waals surface area (Å²) in [4.78, 5) is 0. The van der Waals surface area contributed by atoms with Crippen molar-refractivity contribution in [2.45, 2.75) is 52.0 Å². The highest BCUT2D eigenvalue weighted by atomic mass is 14.9. The van der Waals surface area contributed by atoms with E-state index in [1.807, 2.05) is 0 Å². The molecular formula is C16H25N. The van der Waals surface area contributed by atoms with Crippen LogP contribution in [0.4, 0.5) is 0 Å². The molecule has 0 saturated heterocycles. The molecule has 1 rings (SSSR count). The van der Waals surface area contributed by atoms with Gasteiger partial charge in [0.1, 0.15) is 0 Å². The van der Waals surface area contributed by atoms with E-state index in [0.717, 1.165) is 18.5 Å². The molecule has 0 amide bonds. The van der Waals surface area contributed by atoms with E-state index >= 15 is 0 Å². The van der Waals surface area contributed by atoms with Gasteiger partial charge in [-0.2, -0.15) is 0 Å². The molecule has 0 aliphatic rings. The van der Waals surface area contributed by atoms with Gasteiger partial charge in [-0.05, 0) is 31.7 Å². The second kappa shape index (κ2) is 7.94. The van der Waals surface area contributed by atoms with Gasteiger partial charge in [-0.1, -0.05) is 56.7 Å². The van der Waals surface area contributed by atoms with Crippen LogP contribution in [0.15, 0.2) is 42.6 Å². The second-order valence-electron chi connectivity index (χ2n) is 4.78. The second-order valence-corrected chi connectivity index (χ2v) is 4.78. The van der Waals surface area contributed by atoms with Gasteiger partial charge in [0.05, 0.1) is 0 Å². The smallest absolute Gasteiger partial charge is 0.0229 e. The molecule has 1 aromatic rings. The maximum absolute atomic E-state index is 4.11. The standard InChI is InChI=1S/C16H25N/c1-4-5-9-14(2)17-15(3)12-13-16-10-7-6-8-11-16/h6-8,10-11,14,17H,3-5,9,12-13H2,1-2H3. The van der Waals surface area contributed by atoms with Gasteiger partial charge in [-0.25, -0.2) is 0 Å². The van der Waals surface area contributed by atoms with Crippen LogP contribution in [0.2, 0.25) is 0 Å². The van der Waals surface area contributed by atoms with Gasteiger partial charge in [0.25, 0.3) is 0 Å². The molecule has 1 atom stereocenters. The molecule has 0 aliphatic heterocycles. The van der Waals surface area contributed by atoms with Crippen LogP contribution in [0.3, 0.4) is 0 Å². The highest BCUT2D eigenvalue weighted by molar-refractivity contribution is 5.15. The summed E-state index contributed by atoms with van der Waals surface area (Å²) in [6.45, 7) is 8.58. The van der Waals surface area contributed by atoms with Crippen molar-refractivity contribution in [2.24, 2.45) is 0 Å². The van der Waals surface area contributed by atoms with Crippen molar-refractivity contribution in [3.63, 3.8) is 0 Å². The van der Waals surface area contributed by atoms with Crippen LogP contribution in [0.5, 0.6) is 0 Å². The SMILES string of the molecule is C=C(CCc1ccccc1)NC(C)CCCC. The third-order valence-corrected chi connectivity index (χ3v) is 3.00. The maximum atomic E-state index is 4.11. The lowest BCUT2D eigenvalue weighted by Gasteiger charge is -2.16. The zero-order chi connectivity index (χ0) is 12.5. The highest BCUT2D eigenvalue weighted by Gasteiger charge is 2.02. The Morgan fingerprint density at radius 2 is 2.00 bits per heavy atom. The molecule has 0 spiro atoms. The predicted molar refractivity (Wildman–Crippen MR) is 76.0 cm³/mol. The lowest BCUT2D eigenvalue weighted by molar-refractivity contribution is 0.530. The number of hydrogen-bond acceptors (Lipinski definition) is 1. The topological polar surface area (TPSA) is 12.0 Å². The minimum atomic E-state index is 0.554. The van der Waals surface area contributed by atoms with Gasteiger partial charge in [-0.15, -0.1) is 0 Å². The molecule has 1 N–H and O–H groups in total. The summed E-state index contributed by atoms with van der Waals surface area (Å²) in [5, 5.41) is 3.49. The van der Waals surface area contributed by atoms with Crippen LogP contribution in [-0.4, -0.2) is 6.04 Å². The molecule has 1 heteroatoms. The Morgan fingerprint density at radius 3 is 2.65 bits per heavy atom.